The summed E-state index contributed by atoms with van der Waals surface area (Å²) in [4.78, 5) is 30.1. The molecule has 0 spiro atoms. The van der Waals surface area contributed by atoms with E-state index in [9.17, 15) is 9.59 Å². The van der Waals surface area contributed by atoms with E-state index in [1.807, 2.05) is 0 Å². The molecule has 1 aromatic heterocycles. The van der Waals surface area contributed by atoms with Crippen molar-refractivity contribution < 1.29 is 24.2 Å². The lowest BCUT2D eigenvalue weighted by atomic mass is 10.1. The maximum Gasteiger partial charge on any atom is 0.335 e. The van der Waals surface area contributed by atoms with Crippen LogP contribution >= 0.6 is 0 Å². The topological polar surface area (TPSA) is 101 Å². The Kier molecular flexibility index (Phi) is 4.64. The zero-order chi connectivity index (χ0) is 18.8. The van der Waals surface area contributed by atoms with Crippen molar-refractivity contribution in [3.05, 3.63) is 47.8 Å². The second kappa shape index (κ2) is 7.24. The van der Waals surface area contributed by atoms with Crippen LogP contribution in [0, 0.1) is 0 Å². The van der Waals surface area contributed by atoms with Crippen LogP contribution in [-0.4, -0.2) is 46.2 Å². The summed E-state index contributed by atoms with van der Waals surface area (Å²) in [5, 5.41) is 11.8. The molecular formula is C19H19N3O5. The predicted octanol–water partition coefficient (Wildman–Crippen LogP) is 2.11. The number of nitrogens with one attached hydrogen (secondary N) is 1. The molecule has 2 aliphatic heterocycles. The molecule has 27 heavy (non-hydrogen) atoms. The van der Waals surface area contributed by atoms with Crippen LogP contribution < -0.4 is 14.8 Å². The molecule has 0 saturated carbocycles. The maximum atomic E-state index is 12.7. The van der Waals surface area contributed by atoms with Crippen LogP contribution in [0.5, 0.6) is 11.5 Å². The van der Waals surface area contributed by atoms with Gasteiger partial charge in [0.2, 0.25) is 12.7 Å². The van der Waals surface area contributed by atoms with Crippen molar-refractivity contribution >= 4 is 17.6 Å². The van der Waals surface area contributed by atoms with E-state index in [1.165, 1.54) is 12.1 Å². The Balaban J connectivity index is 1.44. The van der Waals surface area contributed by atoms with Gasteiger partial charge in [-0.05, 0) is 43.7 Å². The summed E-state index contributed by atoms with van der Waals surface area (Å²) in [5.41, 5.74) is 1.52. The van der Waals surface area contributed by atoms with Crippen molar-refractivity contribution in [2.24, 2.45) is 0 Å². The van der Waals surface area contributed by atoms with Gasteiger partial charge in [-0.15, -0.1) is 0 Å². The lowest BCUT2D eigenvalue weighted by Gasteiger charge is -2.23. The summed E-state index contributed by atoms with van der Waals surface area (Å²) in [6.07, 6.45) is 3.35. The second-order valence-corrected chi connectivity index (χ2v) is 6.49. The number of pyridine rings is 1. The molecule has 1 atom stereocenters. The number of carboxylic acid groups (broad SMARTS) is 1. The number of amides is 1. The zero-order valence-corrected chi connectivity index (χ0v) is 14.6. The van der Waals surface area contributed by atoms with Gasteiger partial charge in [0.05, 0.1) is 11.6 Å². The van der Waals surface area contributed by atoms with Gasteiger partial charge in [-0.25, -0.2) is 4.79 Å². The second-order valence-electron chi connectivity index (χ2n) is 6.49. The molecule has 1 fully saturated rings. The van der Waals surface area contributed by atoms with E-state index in [-0.39, 0.29) is 24.3 Å². The number of aromatic carboxylic acids is 1. The number of carbonyl (C=O) groups is 2. The molecule has 0 aliphatic carbocycles. The van der Waals surface area contributed by atoms with Crippen molar-refractivity contribution in [3.63, 3.8) is 0 Å². The Labute approximate surface area is 155 Å². The van der Waals surface area contributed by atoms with Crippen molar-refractivity contribution in [3.8, 4) is 11.5 Å². The molecule has 0 radical (unpaired) electrons. The van der Waals surface area contributed by atoms with Gasteiger partial charge in [-0.3, -0.25) is 14.7 Å². The molecule has 8 heteroatoms. The first-order valence-corrected chi connectivity index (χ1v) is 8.73. The van der Waals surface area contributed by atoms with E-state index in [1.54, 1.807) is 24.4 Å². The monoisotopic (exact) mass is 369 g/mol. The number of nitrogens with zero attached hydrogens (tertiary/aromatic N) is 2. The SMILES string of the molecule is O=C(O)c1ccc(NC(=O)C2CCCN2Cc2nccc3c2OCO3)cc1. The minimum absolute atomic E-state index is 0.111. The highest BCUT2D eigenvalue weighted by molar-refractivity contribution is 5.95. The number of rotatable bonds is 5. The van der Waals surface area contributed by atoms with E-state index in [0.717, 1.165) is 25.1 Å². The minimum atomic E-state index is -0.996. The van der Waals surface area contributed by atoms with Crippen molar-refractivity contribution in [2.75, 3.05) is 18.7 Å². The molecule has 2 N–H and O–H groups in total. The molecule has 4 rings (SSSR count). The first-order chi connectivity index (χ1) is 13.1. The number of ether oxygens (including phenoxy) is 2. The molecule has 0 bridgehead atoms. The average Bonchev–Trinajstić information content (AvgIpc) is 3.32. The third kappa shape index (κ3) is 3.56. The van der Waals surface area contributed by atoms with Crippen LogP contribution in [0.1, 0.15) is 28.9 Å². The summed E-state index contributed by atoms with van der Waals surface area (Å²) in [5.74, 6) is 0.218. The predicted molar refractivity (Wildman–Crippen MR) is 95.8 cm³/mol. The highest BCUT2D eigenvalue weighted by Crippen LogP contribution is 2.35. The Bertz CT molecular complexity index is 868. The molecule has 2 aliphatic rings. The summed E-state index contributed by atoms with van der Waals surface area (Å²) < 4.78 is 10.9. The highest BCUT2D eigenvalue weighted by atomic mass is 16.7. The number of hydrogen-bond donors (Lipinski definition) is 2. The first-order valence-electron chi connectivity index (χ1n) is 8.73. The molecule has 1 aromatic carbocycles. The lowest BCUT2D eigenvalue weighted by molar-refractivity contribution is -0.120. The summed E-state index contributed by atoms with van der Waals surface area (Å²) in [6.45, 7) is 1.48. The number of anilines is 1. The average molecular weight is 369 g/mol. The van der Waals surface area contributed by atoms with Gasteiger partial charge in [-0.1, -0.05) is 0 Å². The molecule has 1 amide bonds. The zero-order valence-electron chi connectivity index (χ0n) is 14.6. The van der Waals surface area contributed by atoms with E-state index in [0.29, 0.717) is 23.7 Å². The van der Waals surface area contributed by atoms with Crippen LogP contribution in [0.4, 0.5) is 5.69 Å². The van der Waals surface area contributed by atoms with Crippen LogP contribution in [0.3, 0.4) is 0 Å². The smallest absolute Gasteiger partial charge is 0.335 e. The van der Waals surface area contributed by atoms with Gasteiger partial charge in [-0.2, -0.15) is 0 Å². The number of benzene rings is 1. The van der Waals surface area contributed by atoms with Gasteiger partial charge < -0.3 is 19.9 Å². The van der Waals surface area contributed by atoms with Crippen molar-refractivity contribution in [1.82, 2.24) is 9.88 Å². The lowest BCUT2D eigenvalue weighted by Crippen LogP contribution is -2.39. The molecule has 1 saturated heterocycles. The van der Waals surface area contributed by atoms with E-state index < -0.39 is 5.97 Å². The van der Waals surface area contributed by atoms with Crippen LogP contribution in [0.2, 0.25) is 0 Å². The van der Waals surface area contributed by atoms with Gasteiger partial charge in [0.25, 0.3) is 0 Å². The van der Waals surface area contributed by atoms with Gasteiger partial charge in [0.15, 0.2) is 11.5 Å². The summed E-state index contributed by atoms with van der Waals surface area (Å²) >= 11 is 0. The van der Waals surface area contributed by atoms with Crippen molar-refractivity contribution in [1.29, 1.82) is 0 Å². The Hall–Kier alpha value is -3.13. The van der Waals surface area contributed by atoms with Crippen LogP contribution in [-0.2, 0) is 11.3 Å². The number of likely N-dealkylation sites (tertiary alicyclic amines) is 1. The van der Waals surface area contributed by atoms with Crippen molar-refractivity contribution in [2.45, 2.75) is 25.4 Å². The first kappa shape index (κ1) is 17.3. The molecule has 2 aromatic rings. The van der Waals surface area contributed by atoms with Crippen LogP contribution in [0.15, 0.2) is 36.5 Å². The third-order valence-corrected chi connectivity index (χ3v) is 4.78. The van der Waals surface area contributed by atoms with E-state index >= 15 is 0 Å². The van der Waals surface area contributed by atoms with Gasteiger partial charge in [0, 0.05) is 24.5 Å². The van der Waals surface area contributed by atoms with Crippen LogP contribution in [0.25, 0.3) is 0 Å². The van der Waals surface area contributed by atoms with Gasteiger partial charge in [0.1, 0.15) is 5.69 Å². The maximum absolute atomic E-state index is 12.7. The fourth-order valence-electron chi connectivity index (χ4n) is 3.43. The summed E-state index contributed by atoms with van der Waals surface area (Å²) in [6, 6.07) is 7.62. The quantitative estimate of drug-likeness (QED) is 0.832. The number of hydrogen-bond acceptors (Lipinski definition) is 6. The number of fused-ring (bicyclic) bond motifs is 1. The molecule has 3 heterocycles. The Morgan fingerprint density at radius 2 is 2.04 bits per heavy atom. The number of aromatic nitrogens is 1. The van der Waals surface area contributed by atoms with E-state index in [2.05, 4.69) is 15.2 Å². The molecule has 8 nitrogen and oxygen atoms in total. The highest BCUT2D eigenvalue weighted by Gasteiger charge is 2.32. The molecule has 140 valence electrons. The number of carboxylic acids is 1. The molecule has 1 unspecified atom stereocenters. The Morgan fingerprint density at radius 1 is 1.22 bits per heavy atom. The van der Waals surface area contributed by atoms with Gasteiger partial charge >= 0.3 is 5.97 Å². The standard InChI is InChI=1S/C19H19N3O5/c23-18(21-13-5-3-12(4-6-13)19(24)25)15-2-1-9-22(15)10-14-17-16(7-8-20-14)26-11-27-17/h3-8,15H,1-2,9-11H2,(H,21,23)(H,24,25). The number of carbonyl (C=O) groups excluding carboxylic acids is 1. The third-order valence-electron chi connectivity index (χ3n) is 4.78. The normalized spacial score (nSPS) is 18.4. The minimum Gasteiger partial charge on any atom is -0.478 e. The largest absolute Gasteiger partial charge is 0.478 e. The Morgan fingerprint density at radius 3 is 2.81 bits per heavy atom. The fourth-order valence-corrected chi connectivity index (χ4v) is 3.43. The molecular weight excluding hydrogens is 350 g/mol. The summed E-state index contributed by atoms with van der Waals surface area (Å²) in [7, 11) is 0. The van der Waals surface area contributed by atoms with E-state index in [4.69, 9.17) is 14.6 Å². The fraction of sp³-hybridized carbons (Fsp3) is 0.316.